The van der Waals surface area contributed by atoms with Gasteiger partial charge in [-0.1, -0.05) is 18.2 Å². The first-order valence-electron chi connectivity index (χ1n) is 7.40. The third kappa shape index (κ3) is 1.92. The smallest absolute Gasteiger partial charge is 0.258 e. The first kappa shape index (κ1) is 13.9. The van der Waals surface area contributed by atoms with Crippen LogP contribution in [-0.2, 0) is 10.0 Å². The quantitative estimate of drug-likeness (QED) is 0.485. The van der Waals surface area contributed by atoms with Crippen LogP contribution in [0.5, 0.6) is 0 Å². The lowest BCUT2D eigenvalue weighted by atomic mass is 9.86. The highest BCUT2D eigenvalue weighted by atomic mass is 32.2. The van der Waals surface area contributed by atoms with Crippen molar-refractivity contribution in [1.29, 1.82) is 0 Å². The van der Waals surface area contributed by atoms with Gasteiger partial charge in [-0.3, -0.25) is 10.1 Å². The maximum Gasteiger partial charge on any atom is 0.270 e. The molecule has 2 aliphatic carbocycles. The molecule has 7 heteroatoms. The van der Waals surface area contributed by atoms with E-state index in [1.807, 2.05) is 0 Å². The van der Waals surface area contributed by atoms with Crippen LogP contribution in [0, 0.1) is 33.8 Å². The lowest BCUT2D eigenvalue weighted by Gasteiger charge is -2.18. The van der Waals surface area contributed by atoms with Crippen LogP contribution in [0.4, 0.5) is 5.69 Å². The van der Waals surface area contributed by atoms with Crippen molar-refractivity contribution in [3.05, 3.63) is 46.5 Å². The molecule has 1 aromatic rings. The summed E-state index contributed by atoms with van der Waals surface area (Å²) in [6.07, 6.45) is 5.59. The van der Waals surface area contributed by atoms with E-state index in [1.54, 1.807) is 0 Å². The molecule has 4 atom stereocenters. The number of allylic oxidation sites excluding steroid dienone is 2. The van der Waals surface area contributed by atoms with E-state index in [1.165, 1.54) is 22.5 Å². The van der Waals surface area contributed by atoms with Crippen LogP contribution in [0.15, 0.2) is 41.3 Å². The Morgan fingerprint density at radius 2 is 1.77 bits per heavy atom. The van der Waals surface area contributed by atoms with Crippen molar-refractivity contribution in [3.63, 3.8) is 0 Å². The monoisotopic (exact) mass is 320 g/mol. The molecule has 22 heavy (non-hydrogen) atoms. The second kappa shape index (κ2) is 4.63. The molecular formula is C15H16N2O4S. The number of nitro benzene ring substituents is 1. The fraction of sp³-hybridized carbons (Fsp3) is 0.467. The second-order valence-corrected chi connectivity index (χ2v) is 8.29. The molecule has 0 spiro atoms. The summed E-state index contributed by atoms with van der Waals surface area (Å²) in [6, 6.07) is 5.31. The Morgan fingerprint density at radius 3 is 2.36 bits per heavy atom. The predicted octanol–water partition coefficient (Wildman–Crippen LogP) is 2.04. The van der Waals surface area contributed by atoms with Crippen molar-refractivity contribution in [1.82, 2.24) is 4.31 Å². The maximum atomic E-state index is 12.8. The minimum atomic E-state index is -3.65. The highest BCUT2D eigenvalue weighted by Gasteiger charge is 2.51. The molecule has 0 N–H and O–H groups in total. The van der Waals surface area contributed by atoms with Gasteiger partial charge >= 0.3 is 0 Å². The van der Waals surface area contributed by atoms with E-state index in [2.05, 4.69) is 12.2 Å². The third-order valence-corrected chi connectivity index (χ3v) is 7.12. The Morgan fingerprint density at radius 1 is 1.14 bits per heavy atom. The van der Waals surface area contributed by atoms with Crippen LogP contribution >= 0.6 is 0 Å². The standard InChI is InChI=1S/C15H16N2O4S/c18-17(19)12-2-1-3-13(7-12)22(20,21)16-8-14-10-4-5-11(6-10)15(14)9-16/h1-5,7,10-11,14-15H,6,8-9H2/t10-,11-,14+,15+/m0/s1. The number of fused-ring (bicyclic) bond motifs is 5. The Hall–Kier alpha value is -1.73. The highest BCUT2D eigenvalue weighted by Crippen LogP contribution is 2.52. The number of nitro groups is 1. The summed E-state index contributed by atoms with van der Waals surface area (Å²) in [5.41, 5.74) is -0.192. The summed E-state index contributed by atoms with van der Waals surface area (Å²) in [4.78, 5) is 10.3. The lowest BCUT2D eigenvalue weighted by Crippen LogP contribution is -2.30. The van der Waals surface area contributed by atoms with Crippen molar-refractivity contribution in [2.75, 3.05) is 13.1 Å². The maximum absolute atomic E-state index is 12.8. The molecule has 0 amide bonds. The van der Waals surface area contributed by atoms with Crippen LogP contribution in [-0.4, -0.2) is 30.7 Å². The van der Waals surface area contributed by atoms with Gasteiger partial charge in [0.2, 0.25) is 10.0 Å². The summed E-state index contributed by atoms with van der Waals surface area (Å²) < 4.78 is 27.0. The van der Waals surface area contributed by atoms with Crippen molar-refractivity contribution >= 4 is 15.7 Å². The summed E-state index contributed by atoms with van der Waals surface area (Å²) in [5.74, 6) is 1.81. The van der Waals surface area contributed by atoms with E-state index < -0.39 is 14.9 Å². The number of hydrogen-bond donors (Lipinski definition) is 0. The molecule has 1 heterocycles. The molecule has 116 valence electrons. The molecule has 1 aliphatic heterocycles. The Balaban J connectivity index is 1.63. The van der Waals surface area contributed by atoms with Gasteiger partial charge in [-0.15, -0.1) is 0 Å². The minimum absolute atomic E-state index is 0.0157. The molecule has 2 fully saturated rings. The first-order valence-corrected chi connectivity index (χ1v) is 8.84. The third-order valence-electron chi connectivity index (χ3n) is 5.29. The van der Waals surface area contributed by atoms with E-state index >= 15 is 0 Å². The fourth-order valence-electron chi connectivity index (χ4n) is 4.22. The van der Waals surface area contributed by atoms with E-state index in [9.17, 15) is 18.5 Å². The molecule has 0 unspecified atom stereocenters. The van der Waals surface area contributed by atoms with Gasteiger partial charge in [-0.25, -0.2) is 8.42 Å². The number of rotatable bonds is 3. The summed E-state index contributed by atoms with van der Waals surface area (Å²) in [5, 5.41) is 10.8. The molecule has 1 saturated heterocycles. The van der Waals surface area contributed by atoms with Gasteiger partial charge in [0.25, 0.3) is 5.69 Å². The zero-order valence-electron chi connectivity index (χ0n) is 11.8. The number of hydrogen-bond acceptors (Lipinski definition) is 4. The van der Waals surface area contributed by atoms with E-state index in [-0.39, 0.29) is 10.6 Å². The van der Waals surface area contributed by atoms with Crippen molar-refractivity contribution in [2.24, 2.45) is 23.7 Å². The van der Waals surface area contributed by atoms with Crippen molar-refractivity contribution < 1.29 is 13.3 Å². The summed E-state index contributed by atoms with van der Waals surface area (Å²) in [7, 11) is -3.65. The average Bonchev–Trinajstić information content (AvgIpc) is 3.19. The Labute approximate surface area is 128 Å². The predicted molar refractivity (Wildman–Crippen MR) is 79.6 cm³/mol. The van der Waals surface area contributed by atoms with E-state index in [0.717, 1.165) is 12.5 Å². The van der Waals surface area contributed by atoms with Gasteiger partial charge in [0.15, 0.2) is 0 Å². The average molecular weight is 320 g/mol. The van der Waals surface area contributed by atoms with Crippen LogP contribution in [0.1, 0.15) is 6.42 Å². The zero-order chi connectivity index (χ0) is 15.5. The normalized spacial score (nSPS) is 33.3. The molecule has 6 nitrogen and oxygen atoms in total. The van der Waals surface area contributed by atoms with Gasteiger partial charge in [-0.05, 0) is 36.2 Å². The van der Waals surface area contributed by atoms with Gasteiger partial charge < -0.3 is 0 Å². The van der Waals surface area contributed by atoms with Crippen molar-refractivity contribution in [3.8, 4) is 0 Å². The van der Waals surface area contributed by atoms with Gasteiger partial charge in [0.1, 0.15) is 0 Å². The molecule has 0 radical (unpaired) electrons. The SMILES string of the molecule is O=[N+]([O-])c1cccc(S(=O)(=O)N2C[C@H]3[C@H](C2)[C@H]2C=C[C@H]3C2)c1. The fourth-order valence-corrected chi connectivity index (χ4v) is 5.77. The van der Waals surface area contributed by atoms with Crippen LogP contribution in [0.3, 0.4) is 0 Å². The molecule has 1 aromatic carbocycles. The van der Waals surface area contributed by atoms with Gasteiger partial charge in [0.05, 0.1) is 9.82 Å². The molecular weight excluding hydrogens is 304 g/mol. The van der Waals surface area contributed by atoms with Crippen LogP contribution in [0.25, 0.3) is 0 Å². The van der Waals surface area contributed by atoms with Crippen molar-refractivity contribution in [2.45, 2.75) is 11.3 Å². The number of sulfonamides is 1. The number of benzene rings is 1. The Bertz CT molecular complexity index is 754. The summed E-state index contributed by atoms with van der Waals surface area (Å²) in [6.45, 7) is 1.06. The highest BCUT2D eigenvalue weighted by molar-refractivity contribution is 7.89. The first-order chi connectivity index (χ1) is 10.5. The van der Waals surface area contributed by atoms with Gasteiger partial charge in [-0.2, -0.15) is 4.31 Å². The Kier molecular flexibility index (Phi) is 2.93. The van der Waals surface area contributed by atoms with E-state index in [0.29, 0.717) is 36.8 Å². The zero-order valence-corrected chi connectivity index (χ0v) is 12.6. The molecule has 4 rings (SSSR count). The van der Waals surface area contributed by atoms with Crippen LogP contribution in [0.2, 0.25) is 0 Å². The lowest BCUT2D eigenvalue weighted by molar-refractivity contribution is -0.385. The minimum Gasteiger partial charge on any atom is -0.258 e. The van der Waals surface area contributed by atoms with Crippen LogP contribution < -0.4 is 0 Å². The molecule has 2 bridgehead atoms. The molecule has 3 aliphatic rings. The topological polar surface area (TPSA) is 80.5 Å². The number of nitrogens with zero attached hydrogens (tertiary/aromatic N) is 2. The number of non-ortho nitro benzene ring substituents is 1. The van der Waals surface area contributed by atoms with Gasteiger partial charge in [0, 0.05) is 25.2 Å². The molecule has 1 saturated carbocycles. The molecule has 0 aromatic heterocycles. The largest absolute Gasteiger partial charge is 0.270 e. The second-order valence-electron chi connectivity index (χ2n) is 6.35. The summed E-state index contributed by atoms with van der Waals surface area (Å²) >= 11 is 0. The van der Waals surface area contributed by atoms with E-state index in [4.69, 9.17) is 0 Å².